The zero-order valence-electron chi connectivity index (χ0n) is 19.9. The molecule has 5 rings (SSSR count). The maximum absolute atomic E-state index is 12.3. The Morgan fingerprint density at radius 3 is 2.54 bits per heavy atom. The molecule has 1 aliphatic heterocycles. The van der Waals surface area contributed by atoms with Crippen molar-refractivity contribution in [2.24, 2.45) is 5.10 Å². The zero-order chi connectivity index (χ0) is 25.5. The summed E-state index contributed by atoms with van der Waals surface area (Å²) < 4.78 is 13.1. The Bertz CT molecular complexity index is 1410. The number of ether oxygens (including phenoxy) is 2. The van der Waals surface area contributed by atoms with E-state index in [-0.39, 0.29) is 12.5 Å². The average molecular weight is 594 g/mol. The van der Waals surface area contributed by atoms with E-state index in [0.717, 1.165) is 15.6 Å². The van der Waals surface area contributed by atoms with Gasteiger partial charge < -0.3 is 9.47 Å². The lowest BCUT2D eigenvalue weighted by atomic mass is 10.1. The lowest BCUT2D eigenvalue weighted by molar-refractivity contribution is -0.123. The molecule has 0 saturated carbocycles. The van der Waals surface area contributed by atoms with E-state index in [1.807, 2.05) is 66.0 Å². The van der Waals surface area contributed by atoms with E-state index in [9.17, 15) is 4.79 Å². The van der Waals surface area contributed by atoms with Crippen LogP contribution in [0, 0.1) is 0 Å². The van der Waals surface area contributed by atoms with Gasteiger partial charge in [0.05, 0.1) is 10.8 Å². The van der Waals surface area contributed by atoms with Crippen molar-refractivity contribution >= 4 is 62.3 Å². The molecule has 1 aliphatic rings. The number of carbonyl (C=O) groups is 1. The minimum absolute atomic E-state index is 0.118. The molecule has 1 fully saturated rings. The number of hydrogen-bond donors (Lipinski definition) is 1. The number of fused-ring (bicyclic) bond motifs is 1. The van der Waals surface area contributed by atoms with Crippen LogP contribution in [-0.4, -0.2) is 30.2 Å². The van der Waals surface area contributed by atoms with Crippen LogP contribution in [0.2, 0.25) is 0 Å². The monoisotopic (exact) mass is 592 g/mol. The van der Waals surface area contributed by atoms with Crippen molar-refractivity contribution in [2.75, 3.05) is 18.1 Å². The molecule has 0 unspecified atom stereocenters. The Balaban J connectivity index is 1.14. The van der Waals surface area contributed by atoms with Gasteiger partial charge in [0.1, 0.15) is 18.1 Å². The molecule has 4 aromatic carbocycles. The number of amides is 1. The number of hydrazone groups is 1. The second-order valence-electron chi connectivity index (χ2n) is 8.38. The van der Waals surface area contributed by atoms with Crippen LogP contribution in [0.25, 0.3) is 10.8 Å². The summed E-state index contributed by atoms with van der Waals surface area (Å²) in [5.41, 5.74) is 5.62. The second-order valence-corrected chi connectivity index (χ2v) is 12.0. The number of thioether (sulfide) groups is 2. The predicted octanol–water partition coefficient (Wildman–Crippen LogP) is 7.19. The third-order valence-electron chi connectivity index (χ3n) is 5.72. The van der Waals surface area contributed by atoms with E-state index in [2.05, 4.69) is 68.9 Å². The first-order chi connectivity index (χ1) is 18.1. The number of halogens is 1. The fourth-order valence-electron chi connectivity index (χ4n) is 3.87. The highest BCUT2D eigenvalue weighted by molar-refractivity contribution is 9.10. The van der Waals surface area contributed by atoms with Gasteiger partial charge in [-0.3, -0.25) is 4.79 Å². The minimum Gasteiger partial charge on any atom is -0.488 e. The summed E-state index contributed by atoms with van der Waals surface area (Å²) in [4.78, 5) is 12.3. The number of nitrogens with zero attached hydrogens (tertiary/aromatic N) is 1. The number of nitrogens with one attached hydrogen (secondary N) is 1. The molecule has 188 valence electrons. The van der Waals surface area contributed by atoms with E-state index in [1.54, 1.807) is 6.21 Å². The lowest BCUT2D eigenvalue weighted by Crippen LogP contribution is -2.24. The molecule has 0 atom stereocenters. The fourth-order valence-corrected chi connectivity index (χ4v) is 7.11. The maximum atomic E-state index is 12.3. The molecular weight excluding hydrogens is 568 g/mol. The first kappa shape index (κ1) is 25.7. The van der Waals surface area contributed by atoms with E-state index in [4.69, 9.17) is 9.47 Å². The van der Waals surface area contributed by atoms with Crippen LogP contribution in [0.3, 0.4) is 0 Å². The molecular formula is C29H25BrN2O3S2. The van der Waals surface area contributed by atoms with Crippen molar-refractivity contribution in [1.29, 1.82) is 0 Å². The smallest absolute Gasteiger partial charge is 0.277 e. The van der Waals surface area contributed by atoms with Gasteiger partial charge in [0.15, 0.2) is 6.61 Å². The highest BCUT2D eigenvalue weighted by atomic mass is 79.9. The fraction of sp³-hybridized carbons (Fsp3) is 0.172. The molecule has 4 aromatic rings. The van der Waals surface area contributed by atoms with E-state index < -0.39 is 0 Å². The second kappa shape index (κ2) is 12.5. The maximum Gasteiger partial charge on any atom is 0.277 e. The van der Waals surface area contributed by atoms with Crippen LogP contribution >= 0.6 is 39.5 Å². The van der Waals surface area contributed by atoms with E-state index in [1.165, 1.54) is 27.8 Å². The molecule has 1 heterocycles. The number of benzene rings is 4. The summed E-state index contributed by atoms with van der Waals surface area (Å²) in [6.45, 7) is 0.303. The first-order valence-electron chi connectivity index (χ1n) is 11.8. The molecule has 0 aromatic heterocycles. The Morgan fingerprint density at radius 1 is 0.946 bits per heavy atom. The average Bonchev–Trinajstić information content (AvgIpc) is 3.47. The molecule has 37 heavy (non-hydrogen) atoms. The van der Waals surface area contributed by atoms with Crippen molar-refractivity contribution in [3.05, 3.63) is 106 Å². The van der Waals surface area contributed by atoms with Crippen molar-refractivity contribution in [2.45, 2.75) is 11.2 Å². The van der Waals surface area contributed by atoms with Gasteiger partial charge in [-0.05, 0) is 58.3 Å². The van der Waals surface area contributed by atoms with Gasteiger partial charge in [-0.25, -0.2) is 5.43 Å². The summed E-state index contributed by atoms with van der Waals surface area (Å²) >= 11 is 7.41. The third-order valence-corrected chi connectivity index (χ3v) is 9.31. The van der Waals surface area contributed by atoms with Crippen molar-refractivity contribution in [3.8, 4) is 11.5 Å². The molecule has 1 N–H and O–H groups in total. The Labute approximate surface area is 233 Å². The Kier molecular flexibility index (Phi) is 8.71. The largest absolute Gasteiger partial charge is 0.488 e. The zero-order valence-corrected chi connectivity index (χ0v) is 23.2. The lowest BCUT2D eigenvalue weighted by Gasteiger charge is -2.11. The SMILES string of the molecule is O=C(COc1ccc(C2SCCS2)cc1)N/N=C\c1cc(Br)ccc1OCc1ccc2ccccc2c1. The van der Waals surface area contributed by atoms with Crippen LogP contribution in [0.4, 0.5) is 0 Å². The molecule has 0 radical (unpaired) electrons. The highest BCUT2D eigenvalue weighted by Gasteiger charge is 2.18. The topological polar surface area (TPSA) is 59.9 Å². The summed E-state index contributed by atoms with van der Waals surface area (Å²) in [7, 11) is 0. The molecule has 1 saturated heterocycles. The molecule has 8 heteroatoms. The van der Waals surface area contributed by atoms with Gasteiger partial charge in [0, 0.05) is 21.5 Å². The molecule has 1 amide bonds. The van der Waals surface area contributed by atoms with Crippen LogP contribution in [0.1, 0.15) is 21.3 Å². The van der Waals surface area contributed by atoms with Crippen molar-refractivity contribution in [3.63, 3.8) is 0 Å². The molecule has 5 nitrogen and oxygen atoms in total. The van der Waals surface area contributed by atoms with E-state index in [0.29, 0.717) is 22.7 Å². The van der Waals surface area contributed by atoms with Crippen LogP contribution in [0.15, 0.2) is 94.5 Å². The molecule has 0 spiro atoms. The quantitative estimate of drug-likeness (QED) is 0.165. The number of carbonyl (C=O) groups excluding carboxylic acids is 1. The summed E-state index contributed by atoms with van der Waals surface area (Å²) in [6, 6.07) is 28.2. The highest BCUT2D eigenvalue weighted by Crippen LogP contribution is 2.45. The predicted molar refractivity (Wildman–Crippen MR) is 158 cm³/mol. The summed E-state index contributed by atoms with van der Waals surface area (Å²) in [6.07, 6.45) is 1.57. The van der Waals surface area contributed by atoms with Crippen LogP contribution < -0.4 is 14.9 Å². The Morgan fingerprint density at radius 2 is 1.73 bits per heavy atom. The van der Waals surface area contributed by atoms with Crippen molar-refractivity contribution < 1.29 is 14.3 Å². The summed E-state index contributed by atoms with van der Waals surface area (Å²) in [5, 5.41) is 6.48. The van der Waals surface area contributed by atoms with E-state index >= 15 is 0 Å². The van der Waals surface area contributed by atoms with Gasteiger partial charge >= 0.3 is 0 Å². The van der Waals surface area contributed by atoms with Gasteiger partial charge in [-0.2, -0.15) is 5.10 Å². The third kappa shape index (κ3) is 7.09. The van der Waals surface area contributed by atoms with Crippen LogP contribution in [0.5, 0.6) is 11.5 Å². The van der Waals surface area contributed by atoms with Gasteiger partial charge in [0.25, 0.3) is 5.91 Å². The molecule has 0 bridgehead atoms. The minimum atomic E-state index is -0.337. The number of hydrogen-bond acceptors (Lipinski definition) is 6. The molecule has 0 aliphatic carbocycles. The van der Waals surface area contributed by atoms with Gasteiger partial charge in [-0.1, -0.05) is 64.5 Å². The standard InChI is InChI=1S/C29H25BrN2O3S2/c30-25-9-12-27(35-18-20-5-6-21-3-1-2-4-23(21)15-20)24(16-25)17-31-32-28(33)19-34-26-10-7-22(8-11-26)29-36-13-14-37-29/h1-12,15-17,29H,13-14,18-19H2,(H,32,33)/b31-17-. The van der Waals surface area contributed by atoms with Crippen LogP contribution in [-0.2, 0) is 11.4 Å². The first-order valence-corrected chi connectivity index (χ1v) is 14.7. The summed E-state index contributed by atoms with van der Waals surface area (Å²) in [5.74, 6) is 3.37. The normalized spacial score (nSPS) is 13.8. The van der Waals surface area contributed by atoms with Gasteiger partial charge in [-0.15, -0.1) is 23.5 Å². The number of rotatable bonds is 9. The Hall–Kier alpha value is -2.94. The van der Waals surface area contributed by atoms with Gasteiger partial charge in [0.2, 0.25) is 0 Å². The van der Waals surface area contributed by atoms with Crippen molar-refractivity contribution in [1.82, 2.24) is 5.43 Å².